The topological polar surface area (TPSA) is 63.6 Å². The number of allylic oxidation sites excluding steroid dienone is 1. The van der Waals surface area contributed by atoms with E-state index in [1.165, 1.54) is 19.3 Å². The third-order valence-electron chi connectivity index (χ3n) is 3.30. The molecule has 1 N–H and O–H groups in total. The lowest BCUT2D eigenvalue weighted by molar-refractivity contribution is -0.141. The largest absolute Gasteiger partial charge is 0.478 e. The standard InChI is InChI=1S/C14H22O4/c1-3-4-5-6-7-8-9-11-12(13(15)16)10(2)14(17)18-11/h10H,3-9H2,1-2H3,(H,15,16). The zero-order valence-corrected chi connectivity index (χ0v) is 11.2. The number of cyclic esters (lactones) is 1. The summed E-state index contributed by atoms with van der Waals surface area (Å²) in [6.45, 7) is 3.75. The summed E-state index contributed by atoms with van der Waals surface area (Å²) in [7, 11) is 0. The molecule has 1 aliphatic rings. The van der Waals surface area contributed by atoms with Gasteiger partial charge in [0.2, 0.25) is 0 Å². The predicted octanol–water partition coefficient (Wildman–Crippen LogP) is 3.27. The molecule has 0 radical (unpaired) electrons. The second-order valence-corrected chi connectivity index (χ2v) is 4.80. The van der Waals surface area contributed by atoms with Crippen LogP contribution in [0.3, 0.4) is 0 Å². The first-order chi connectivity index (χ1) is 8.57. The van der Waals surface area contributed by atoms with Crippen molar-refractivity contribution in [1.82, 2.24) is 0 Å². The molecule has 0 bridgehead atoms. The second-order valence-electron chi connectivity index (χ2n) is 4.80. The van der Waals surface area contributed by atoms with Crippen molar-refractivity contribution < 1.29 is 19.4 Å². The monoisotopic (exact) mass is 254 g/mol. The Morgan fingerprint density at radius 2 is 1.83 bits per heavy atom. The Morgan fingerprint density at radius 1 is 1.22 bits per heavy atom. The molecule has 0 saturated carbocycles. The summed E-state index contributed by atoms with van der Waals surface area (Å²) < 4.78 is 5.04. The highest BCUT2D eigenvalue weighted by Crippen LogP contribution is 2.30. The zero-order valence-electron chi connectivity index (χ0n) is 11.2. The summed E-state index contributed by atoms with van der Waals surface area (Å²) in [4.78, 5) is 22.4. The molecule has 0 saturated heterocycles. The molecule has 1 rings (SSSR count). The number of rotatable bonds is 8. The Morgan fingerprint density at radius 3 is 2.44 bits per heavy atom. The van der Waals surface area contributed by atoms with Crippen LogP contribution in [0.25, 0.3) is 0 Å². The molecule has 1 unspecified atom stereocenters. The van der Waals surface area contributed by atoms with Gasteiger partial charge in [-0.15, -0.1) is 0 Å². The summed E-state index contributed by atoms with van der Waals surface area (Å²) in [5.74, 6) is -1.73. The molecule has 1 heterocycles. The van der Waals surface area contributed by atoms with Gasteiger partial charge < -0.3 is 9.84 Å². The van der Waals surface area contributed by atoms with Gasteiger partial charge in [0.25, 0.3) is 0 Å². The molecular weight excluding hydrogens is 232 g/mol. The SMILES string of the molecule is CCCCCCCCC1=C(C(=O)O)C(C)C(=O)O1. The molecule has 0 fully saturated rings. The van der Waals surface area contributed by atoms with Gasteiger partial charge in [-0.05, 0) is 13.3 Å². The van der Waals surface area contributed by atoms with Crippen LogP contribution in [0.2, 0.25) is 0 Å². The highest BCUT2D eigenvalue weighted by Gasteiger charge is 2.35. The van der Waals surface area contributed by atoms with Crippen molar-refractivity contribution in [2.75, 3.05) is 0 Å². The first-order valence-electron chi connectivity index (χ1n) is 6.76. The minimum absolute atomic E-state index is 0.147. The Balaban J connectivity index is 2.40. The maximum atomic E-state index is 11.3. The smallest absolute Gasteiger partial charge is 0.335 e. The number of hydrogen-bond donors (Lipinski definition) is 1. The van der Waals surface area contributed by atoms with E-state index in [1.807, 2.05) is 0 Å². The van der Waals surface area contributed by atoms with Crippen LogP contribution in [0.4, 0.5) is 0 Å². The number of carbonyl (C=O) groups excluding carboxylic acids is 1. The molecule has 18 heavy (non-hydrogen) atoms. The van der Waals surface area contributed by atoms with E-state index in [9.17, 15) is 9.59 Å². The average Bonchev–Trinajstić information content (AvgIpc) is 2.59. The molecule has 0 spiro atoms. The summed E-state index contributed by atoms with van der Waals surface area (Å²) in [6.07, 6.45) is 7.34. The maximum absolute atomic E-state index is 11.3. The van der Waals surface area contributed by atoms with Gasteiger partial charge in [0.15, 0.2) is 0 Å². The van der Waals surface area contributed by atoms with Gasteiger partial charge in [-0.3, -0.25) is 4.79 Å². The summed E-state index contributed by atoms with van der Waals surface area (Å²) in [5, 5.41) is 9.05. The number of aliphatic carboxylic acids is 1. The fourth-order valence-corrected chi connectivity index (χ4v) is 2.18. The third-order valence-corrected chi connectivity index (χ3v) is 3.30. The number of carboxylic acids is 1. The van der Waals surface area contributed by atoms with E-state index in [-0.39, 0.29) is 5.57 Å². The molecule has 102 valence electrons. The van der Waals surface area contributed by atoms with E-state index in [0.29, 0.717) is 12.2 Å². The van der Waals surface area contributed by atoms with Crippen LogP contribution in [0, 0.1) is 5.92 Å². The minimum atomic E-state index is -1.03. The fourth-order valence-electron chi connectivity index (χ4n) is 2.18. The normalized spacial score (nSPS) is 19.2. The van der Waals surface area contributed by atoms with Crippen molar-refractivity contribution in [3.8, 4) is 0 Å². The molecule has 1 aliphatic heterocycles. The van der Waals surface area contributed by atoms with Gasteiger partial charge >= 0.3 is 11.9 Å². The van der Waals surface area contributed by atoms with Crippen LogP contribution >= 0.6 is 0 Å². The number of ether oxygens (including phenoxy) is 1. The lowest BCUT2D eigenvalue weighted by Gasteiger charge is -2.03. The third kappa shape index (κ3) is 3.86. The number of unbranched alkanes of at least 4 members (excludes halogenated alkanes) is 5. The van der Waals surface area contributed by atoms with E-state index in [1.54, 1.807) is 6.92 Å². The number of carboxylic acid groups (broad SMARTS) is 1. The molecular formula is C14H22O4. The van der Waals surface area contributed by atoms with Crippen LogP contribution in [-0.4, -0.2) is 17.0 Å². The fraction of sp³-hybridized carbons (Fsp3) is 0.714. The Bertz CT molecular complexity index is 344. The first-order valence-corrected chi connectivity index (χ1v) is 6.76. The predicted molar refractivity (Wildman–Crippen MR) is 67.9 cm³/mol. The minimum Gasteiger partial charge on any atom is -0.478 e. The molecule has 0 aromatic heterocycles. The van der Waals surface area contributed by atoms with Gasteiger partial charge in [0.05, 0.1) is 11.5 Å². The first kappa shape index (κ1) is 14.7. The lowest BCUT2D eigenvalue weighted by atomic mass is 10.0. The molecule has 1 atom stereocenters. The van der Waals surface area contributed by atoms with Crippen LogP contribution in [-0.2, 0) is 14.3 Å². The van der Waals surface area contributed by atoms with E-state index in [0.717, 1.165) is 19.3 Å². The van der Waals surface area contributed by atoms with Crippen molar-refractivity contribution in [2.45, 2.75) is 58.8 Å². The van der Waals surface area contributed by atoms with Crippen LogP contribution in [0.15, 0.2) is 11.3 Å². The van der Waals surface area contributed by atoms with Crippen LogP contribution in [0.1, 0.15) is 58.8 Å². The molecule has 4 nitrogen and oxygen atoms in total. The maximum Gasteiger partial charge on any atom is 0.335 e. The van der Waals surface area contributed by atoms with Crippen molar-refractivity contribution in [2.24, 2.45) is 5.92 Å². The Kier molecular flexibility index (Phi) is 5.89. The van der Waals surface area contributed by atoms with Crippen molar-refractivity contribution in [3.05, 3.63) is 11.3 Å². The molecule has 0 aromatic rings. The van der Waals surface area contributed by atoms with Gasteiger partial charge in [0, 0.05) is 6.42 Å². The molecule has 0 aliphatic carbocycles. The average molecular weight is 254 g/mol. The van der Waals surface area contributed by atoms with E-state index in [2.05, 4.69) is 6.92 Å². The second kappa shape index (κ2) is 7.19. The highest BCUT2D eigenvalue weighted by molar-refractivity contribution is 5.97. The van der Waals surface area contributed by atoms with Crippen molar-refractivity contribution in [3.63, 3.8) is 0 Å². The van der Waals surface area contributed by atoms with E-state index in [4.69, 9.17) is 9.84 Å². The summed E-state index contributed by atoms with van der Waals surface area (Å²) in [6, 6.07) is 0. The molecule has 4 heteroatoms. The number of esters is 1. The van der Waals surface area contributed by atoms with Crippen LogP contribution in [0.5, 0.6) is 0 Å². The van der Waals surface area contributed by atoms with Crippen molar-refractivity contribution in [1.29, 1.82) is 0 Å². The zero-order chi connectivity index (χ0) is 13.5. The highest BCUT2D eigenvalue weighted by atomic mass is 16.5. The van der Waals surface area contributed by atoms with Gasteiger partial charge in [-0.25, -0.2) is 4.79 Å². The van der Waals surface area contributed by atoms with Crippen LogP contribution < -0.4 is 0 Å². The Hall–Kier alpha value is -1.32. The lowest BCUT2D eigenvalue weighted by Crippen LogP contribution is -2.12. The summed E-state index contributed by atoms with van der Waals surface area (Å²) in [5.41, 5.74) is 0.147. The molecule has 0 aromatic carbocycles. The van der Waals surface area contributed by atoms with E-state index < -0.39 is 17.9 Å². The summed E-state index contributed by atoms with van der Waals surface area (Å²) >= 11 is 0. The Labute approximate surface area is 108 Å². The number of hydrogen-bond acceptors (Lipinski definition) is 3. The van der Waals surface area contributed by atoms with Gasteiger partial charge in [-0.2, -0.15) is 0 Å². The number of carbonyl (C=O) groups is 2. The molecule has 0 amide bonds. The van der Waals surface area contributed by atoms with Gasteiger partial charge in [-0.1, -0.05) is 39.0 Å². The quantitative estimate of drug-likeness (QED) is 0.533. The van der Waals surface area contributed by atoms with E-state index >= 15 is 0 Å². The van der Waals surface area contributed by atoms with Gasteiger partial charge in [0.1, 0.15) is 5.76 Å². The van der Waals surface area contributed by atoms with Crippen molar-refractivity contribution >= 4 is 11.9 Å².